The van der Waals surface area contributed by atoms with E-state index in [9.17, 15) is 0 Å². The van der Waals surface area contributed by atoms with Gasteiger partial charge in [-0.05, 0) is 0 Å². The van der Waals surface area contributed by atoms with Crippen molar-refractivity contribution in [2.45, 2.75) is 0 Å². The van der Waals surface area contributed by atoms with Gasteiger partial charge in [0.1, 0.15) is 0 Å². The third kappa shape index (κ3) is 18.3. The average Bonchev–Trinajstić information content (AvgIpc) is 0. The van der Waals surface area contributed by atoms with Gasteiger partial charge in [-0.25, -0.2) is 0 Å². The van der Waals surface area contributed by atoms with Crippen LogP contribution >= 0.6 is 0 Å². The Morgan fingerprint density at radius 1 is 1.00 bits per heavy atom. The minimum atomic E-state index is 0. The van der Waals surface area contributed by atoms with E-state index in [1.807, 2.05) is 0 Å². The van der Waals surface area contributed by atoms with E-state index in [2.05, 4.69) is 0 Å². The molecule has 0 aliphatic rings. The Kier molecular flexibility index (Phi) is 191. The van der Waals surface area contributed by atoms with Crippen LogP contribution in [0.3, 0.4) is 0 Å². The molecule has 0 rings (SSSR count). The molecule has 0 saturated carbocycles. The SMILES string of the molecule is [Cd].[Cu].[Fe].[Pb].[Sn]. The first kappa shape index (κ1) is 37.8. The van der Waals surface area contributed by atoms with Gasteiger partial charge in [0.2, 0.25) is 0 Å². The normalized spacial score (nSPS) is 0. The molecule has 0 unspecified atom stereocenters. The summed E-state index contributed by atoms with van der Waals surface area (Å²) in [5.41, 5.74) is 0. The van der Waals surface area contributed by atoms with Crippen molar-refractivity contribution in [1.82, 2.24) is 0 Å². The Hall–Kier alpha value is 3.68. The molecule has 0 spiro atoms. The van der Waals surface area contributed by atoms with E-state index in [1.165, 1.54) is 0 Å². The fourth-order valence-corrected chi connectivity index (χ4v) is 0. The summed E-state index contributed by atoms with van der Waals surface area (Å²) < 4.78 is 0. The van der Waals surface area contributed by atoms with Gasteiger partial charge in [-0.3, -0.25) is 0 Å². The number of rotatable bonds is 0. The van der Waals surface area contributed by atoms with Gasteiger partial charge in [0, 0.05) is 113 Å². The molecule has 0 N–H and O–H groups in total. The Balaban J connectivity index is 0. The smallest absolute Gasteiger partial charge is 0 e. The van der Waals surface area contributed by atoms with Crippen LogP contribution in [0, 0.1) is 0 Å². The summed E-state index contributed by atoms with van der Waals surface area (Å²) in [4.78, 5) is 0. The maximum atomic E-state index is 0. The Morgan fingerprint density at radius 2 is 1.00 bits per heavy atom. The third-order valence-electron chi connectivity index (χ3n) is 0. The Labute approximate surface area is 110 Å². The zero-order chi connectivity index (χ0) is 0. The maximum absolute atomic E-state index is 0. The average molecular weight is 558 g/mol. The second-order valence-corrected chi connectivity index (χ2v) is 0. The van der Waals surface area contributed by atoms with Crippen molar-refractivity contribution in [1.29, 1.82) is 0 Å². The zero-order valence-electron chi connectivity index (χ0n) is 2.36. The molecular formula is CdCuFePbSn. The minimum Gasteiger partial charge on any atom is 0 e. The second kappa shape index (κ2) is 25.3. The van der Waals surface area contributed by atoms with Gasteiger partial charge in [0.05, 0.1) is 0 Å². The van der Waals surface area contributed by atoms with Crippen molar-refractivity contribution in [3.05, 3.63) is 0 Å². The Morgan fingerprint density at radius 3 is 1.00 bits per heavy atom. The Bertz CT molecular complexity index is 11.6. The van der Waals surface area contributed by atoms with Gasteiger partial charge in [0.15, 0.2) is 0 Å². The molecule has 0 aromatic heterocycles. The second-order valence-electron chi connectivity index (χ2n) is 0. The van der Waals surface area contributed by atoms with E-state index in [-0.39, 0.29) is 113 Å². The number of hydrogen-bond donors (Lipinski definition) is 0. The van der Waals surface area contributed by atoms with Crippen LogP contribution in [0.4, 0.5) is 0 Å². The number of hydrogen-bond acceptors (Lipinski definition) is 0. The summed E-state index contributed by atoms with van der Waals surface area (Å²) >= 11 is 0. The predicted molar refractivity (Wildman–Crippen MR) is 11.5 cm³/mol. The van der Waals surface area contributed by atoms with Crippen molar-refractivity contribution in [3.63, 3.8) is 0 Å². The quantitative estimate of drug-likeness (QED) is 0.344. The van der Waals surface area contributed by atoms with Gasteiger partial charge >= 0.3 is 0 Å². The first-order valence-electron chi connectivity index (χ1n) is 0. The van der Waals surface area contributed by atoms with Crippen molar-refractivity contribution in [2.75, 3.05) is 0 Å². The topological polar surface area (TPSA) is 0 Å². The van der Waals surface area contributed by atoms with Gasteiger partial charge in [-0.1, -0.05) is 0 Å². The standard InChI is InChI=1S/Cd.Cu.Fe.Pb.Sn. The summed E-state index contributed by atoms with van der Waals surface area (Å²) in [7, 11) is 0. The molecule has 5 heteroatoms. The predicted octanol–water partition coefficient (Wildman–Crippen LogP) is -0.769. The first-order chi connectivity index (χ1) is 0. The maximum Gasteiger partial charge on any atom is 0 e. The van der Waals surface area contributed by atoms with E-state index in [4.69, 9.17) is 0 Å². The van der Waals surface area contributed by atoms with Crippen molar-refractivity contribution in [3.8, 4) is 0 Å². The molecule has 0 aliphatic heterocycles. The van der Waals surface area contributed by atoms with Crippen LogP contribution in [-0.4, -0.2) is 51.2 Å². The molecule has 0 aromatic rings. The summed E-state index contributed by atoms with van der Waals surface area (Å²) in [6.07, 6.45) is 0. The van der Waals surface area contributed by atoms with Crippen molar-refractivity contribution >= 4 is 51.2 Å². The van der Waals surface area contributed by atoms with Gasteiger partial charge < -0.3 is 0 Å². The molecule has 0 aliphatic carbocycles. The molecule has 29 valence electrons. The molecular weight excluding hydrogens is 558 g/mol. The summed E-state index contributed by atoms with van der Waals surface area (Å²) in [6.45, 7) is 0. The molecule has 0 saturated heterocycles. The van der Waals surface area contributed by atoms with Crippen LogP contribution < -0.4 is 0 Å². The molecule has 9 radical (unpaired) electrons. The molecule has 0 heterocycles. The first-order valence-corrected chi connectivity index (χ1v) is 0. The van der Waals surface area contributed by atoms with Gasteiger partial charge in [-0.15, -0.1) is 0 Å². The van der Waals surface area contributed by atoms with E-state index < -0.39 is 0 Å². The summed E-state index contributed by atoms with van der Waals surface area (Å²) in [5.74, 6) is 0. The monoisotopic (exact) mass is 561 g/mol. The summed E-state index contributed by atoms with van der Waals surface area (Å²) in [6, 6.07) is 0. The molecule has 0 amide bonds. The van der Waals surface area contributed by atoms with Crippen LogP contribution in [0.5, 0.6) is 0 Å². The van der Waals surface area contributed by atoms with Crippen LogP contribution in [-0.2, 0) is 61.4 Å². The molecule has 0 atom stereocenters. The van der Waals surface area contributed by atoms with Crippen LogP contribution in [0.25, 0.3) is 0 Å². The third-order valence-corrected chi connectivity index (χ3v) is 0. The molecule has 0 aromatic carbocycles. The fraction of sp³-hybridized carbons (Fsp3) is 0. The van der Waals surface area contributed by atoms with Crippen LogP contribution in [0.15, 0.2) is 0 Å². The minimum absolute atomic E-state index is 0. The van der Waals surface area contributed by atoms with Crippen LogP contribution in [0.1, 0.15) is 0 Å². The molecule has 0 nitrogen and oxygen atoms in total. The van der Waals surface area contributed by atoms with E-state index in [1.54, 1.807) is 0 Å². The summed E-state index contributed by atoms with van der Waals surface area (Å²) in [5, 5.41) is 0. The van der Waals surface area contributed by atoms with Crippen molar-refractivity contribution < 1.29 is 61.4 Å². The van der Waals surface area contributed by atoms with Crippen LogP contribution in [0.2, 0.25) is 0 Å². The van der Waals surface area contributed by atoms with Crippen molar-refractivity contribution in [2.24, 2.45) is 0 Å². The van der Waals surface area contributed by atoms with E-state index >= 15 is 0 Å². The zero-order valence-corrected chi connectivity index (χ0v) is 15.2. The largest absolute Gasteiger partial charge is 0 e. The molecule has 5 heavy (non-hydrogen) atoms. The van der Waals surface area contributed by atoms with E-state index in [0.29, 0.717) is 0 Å². The van der Waals surface area contributed by atoms with Gasteiger partial charge in [-0.2, -0.15) is 0 Å². The van der Waals surface area contributed by atoms with E-state index in [0.717, 1.165) is 0 Å². The molecule has 0 fully saturated rings. The fourth-order valence-electron chi connectivity index (χ4n) is 0. The molecule has 0 bridgehead atoms. The van der Waals surface area contributed by atoms with Gasteiger partial charge in [0.25, 0.3) is 0 Å².